The van der Waals surface area contributed by atoms with Crippen LogP contribution in [0.3, 0.4) is 0 Å². The van der Waals surface area contributed by atoms with E-state index in [1.54, 1.807) is 14.0 Å². The Morgan fingerprint density at radius 1 is 1.00 bits per heavy atom. The molecule has 1 N–H and O–H groups in total. The molecular formula is C23H21NO4. The minimum atomic E-state index is -0.656. The summed E-state index contributed by atoms with van der Waals surface area (Å²) in [5.74, 6) is 0.282. The normalized spacial score (nSPS) is 12.1. The number of fused-ring (bicyclic) bond motifs is 3. The van der Waals surface area contributed by atoms with E-state index in [9.17, 15) is 4.79 Å². The first-order chi connectivity index (χ1) is 13.7. The van der Waals surface area contributed by atoms with Crippen molar-refractivity contribution in [2.75, 3.05) is 19.0 Å². The molecule has 1 unspecified atom stereocenters. The number of carbonyl (C=O) groups is 1. The largest absolute Gasteiger partial charge is 0.495 e. The number of nitrogens with one attached hydrogen (secondary N) is 1. The lowest BCUT2D eigenvalue weighted by atomic mass is 10.1. The highest BCUT2D eigenvalue weighted by Gasteiger charge is 2.24. The smallest absolute Gasteiger partial charge is 0.333 e. The zero-order valence-electron chi connectivity index (χ0n) is 15.8. The predicted octanol–water partition coefficient (Wildman–Crippen LogP) is 5.31. The number of hydrogen-bond donors (Lipinski definition) is 1. The van der Waals surface area contributed by atoms with Gasteiger partial charge in [0.1, 0.15) is 16.9 Å². The Hall–Kier alpha value is -3.47. The van der Waals surface area contributed by atoms with E-state index in [1.165, 1.54) is 0 Å². The summed E-state index contributed by atoms with van der Waals surface area (Å²) in [4.78, 5) is 12.6. The van der Waals surface area contributed by atoms with E-state index in [-0.39, 0.29) is 5.97 Å². The van der Waals surface area contributed by atoms with E-state index < -0.39 is 6.04 Å². The summed E-state index contributed by atoms with van der Waals surface area (Å²) in [6.45, 7) is 2.10. The number of carbonyl (C=O) groups excluding carboxylic acids is 1. The number of esters is 1. The average molecular weight is 375 g/mol. The molecule has 142 valence electrons. The fourth-order valence-electron chi connectivity index (χ4n) is 3.34. The summed E-state index contributed by atoms with van der Waals surface area (Å²) in [6.07, 6.45) is 0. The molecule has 0 spiro atoms. The summed E-state index contributed by atoms with van der Waals surface area (Å²) >= 11 is 0. The highest BCUT2D eigenvalue weighted by Crippen LogP contribution is 2.37. The van der Waals surface area contributed by atoms with Crippen molar-refractivity contribution in [3.05, 3.63) is 72.3 Å². The van der Waals surface area contributed by atoms with Crippen LogP contribution in [0.1, 0.15) is 18.5 Å². The van der Waals surface area contributed by atoms with Crippen molar-refractivity contribution in [3.8, 4) is 5.75 Å². The number of ether oxygens (including phenoxy) is 2. The third kappa shape index (κ3) is 3.27. The van der Waals surface area contributed by atoms with Gasteiger partial charge in [0.25, 0.3) is 0 Å². The maximum atomic E-state index is 12.6. The van der Waals surface area contributed by atoms with Crippen molar-refractivity contribution in [1.29, 1.82) is 0 Å². The van der Waals surface area contributed by atoms with Crippen LogP contribution in [0.25, 0.3) is 21.9 Å². The number of methoxy groups -OCH3 is 1. The Morgan fingerprint density at radius 3 is 2.50 bits per heavy atom. The van der Waals surface area contributed by atoms with Crippen LogP contribution in [0.15, 0.2) is 71.1 Å². The first-order valence-corrected chi connectivity index (χ1v) is 9.18. The molecule has 3 aromatic carbocycles. The molecular weight excluding hydrogens is 354 g/mol. The second kappa shape index (κ2) is 7.64. The summed E-state index contributed by atoms with van der Waals surface area (Å²) in [6, 6.07) is 20.5. The van der Waals surface area contributed by atoms with Crippen molar-refractivity contribution in [2.24, 2.45) is 0 Å². The second-order valence-electron chi connectivity index (χ2n) is 6.39. The van der Waals surface area contributed by atoms with Gasteiger partial charge in [-0.3, -0.25) is 0 Å². The third-order valence-corrected chi connectivity index (χ3v) is 4.65. The highest BCUT2D eigenvalue weighted by molar-refractivity contribution is 6.06. The van der Waals surface area contributed by atoms with E-state index in [0.29, 0.717) is 18.0 Å². The molecule has 1 heterocycles. The van der Waals surface area contributed by atoms with Crippen molar-refractivity contribution in [3.63, 3.8) is 0 Å². The number of para-hydroxylation sites is 1. The SMILES string of the molecule is CCOC(=O)C(Nc1cc2oc3ccccc3c2cc1OC)c1ccccc1. The van der Waals surface area contributed by atoms with Gasteiger partial charge in [-0.1, -0.05) is 48.5 Å². The van der Waals surface area contributed by atoms with Crippen molar-refractivity contribution in [2.45, 2.75) is 13.0 Å². The predicted molar refractivity (Wildman–Crippen MR) is 110 cm³/mol. The molecule has 0 fully saturated rings. The van der Waals surface area contributed by atoms with Crippen LogP contribution >= 0.6 is 0 Å². The summed E-state index contributed by atoms with van der Waals surface area (Å²) in [7, 11) is 1.61. The standard InChI is InChI=1S/C23H21NO4/c1-3-27-23(25)22(15-9-5-4-6-10-15)24-18-14-20-17(13-21(18)26-2)16-11-7-8-12-19(16)28-20/h4-14,22,24H,3H2,1-2H3. The van der Waals surface area contributed by atoms with Crippen molar-refractivity contribution >= 4 is 33.6 Å². The van der Waals surface area contributed by atoms with Crippen LogP contribution in [-0.2, 0) is 9.53 Å². The number of benzene rings is 3. The summed E-state index contributed by atoms with van der Waals surface area (Å²) in [5, 5.41) is 5.26. The van der Waals surface area contributed by atoms with Crippen LogP contribution in [0, 0.1) is 0 Å². The Morgan fingerprint density at radius 2 is 1.75 bits per heavy atom. The summed E-state index contributed by atoms with van der Waals surface area (Å²) < 4.78 is 16.8. The maximum absolute atomic E-state index is 12.6. The fourth-order valence-corrected chi connectivity index (χ4v) is 3.34. The number of anilines is 1. The highest BCUT2D eigenvalue weighted by atomic mass is 16.5. The van der Waals surface area contributed by atoms with Gasteiger partial charge in [-0.05, 0) is 24.6 Å². The van der Waals surface area contributed by atoms with Gasteiger partial charge in [0, 0.05) is 16.8 Å². The molecule has 0 aliphatic rings. The lowest BCUT2D eigenvalue weighted by Crippen LogP contribution is -2.23. The van der Waals surface area contributed by atoms with Gasteiger partial charge in [-0.15, -0.1) is 0 Å². The first kappa shape index (κ1) is 17.9. The zero-order valence-corrected chi connectivity index (χ0v) is 15.8. The Labute approximate surface area is 162 Å². The van der Waals surface area contributed by atoms with Gasteiger partial charge in [0.15, 0.2) is 6.04 Å². The molecule has 4 rings (SSSR count). The van der Waals surface area contributed by atoms with E-state index in [2.05, 4.69) is 5.32 Å². The maximum Gasteiger partial charge on any atom is 0.333 e. The van der Waals surface area contributed by atoms with E-state index >= 15 is 0 Å². The van der Waals surface area contributed by atoms with Crippen LogP contribution < -0.4 is 10.1 Å². The quantitative estimate of drug-likeness (QED) is 0.463. The Balaban J connectivity index is 1.79. The number of rotatable bonds is 6. The molecule has 28 heavy (non-hydrogen) atoms. The van der Waals surface area contributed by atoms with Gasteiger partial charge in [-0.25, -0.2) is 4.79 Å². The van der Waals surface area contributed by atoms with Crippen molar-refractivity contribution < 1.29 is 18.7 Å². The Kier molecular flexibility index (Phi) is 4.89. The molecule has 0 amide bonds. The number of hydrogen-bond acceptors (Lipinski definition) is 5. The first-order valence-electron chi connectivity index (χ1n) is 9.18. The molecule has 4 aromatic rings. The number of furan rings is 1. The average Bonchev–Trinajstić information content (AvgIpc) is 3.09. The third-order valence-electron chi connectivity index (χ3n) is 4.65. The van der Waals surface area contributed by atoms with Gasteiger partial charge >= 0.3 is 5.97 Å². The minimum Gasteiger partial charge on any atom is -0.495 e. The minimum absolute atomic E-state index is 0.309. The second-order valence-corrected chi connectivity index (χ2v) is 6.39. The molecule has 0 bridgehead atoms. The van der Waals surface area contributed by atoms with Crippen LogP contribution in [0.2, 0.25) is 0 Å². The topological polar surface area (TPSA) is 60.7 Å². The van der Waals surface area contributed by atoms with Gasteiger partial charge < -0.3 is 19.2 Å². The molecule has 0 saturated carbocycles. The van der Waals surface area contributed by atoms with Gasteiger partial charge in [-0.2, -0.15) is 0 Å². The van der Waals surface area contributed by atoms with E-state index in [1.807, 2.05) is 66.7 Å². The van der Waals surface area contributed by atoms with Crippen LogP contribution in [0.5, 0.6) is 5.75 Å². The zero-order chi connectivity index (χ0) is 19.5. The van der Waals surface area contributed by atoms with Crippen LogP contribution in [-0.4, -0.2) is 19.7 Å². The van der Waals surface area contributed by atoms with Gasteiger partial charge in [0.2, 0.25) is 0 Å². The molecule has 1 atom stereocenters. The molecule has 0 radical (unpaired) electrons. The van der Waals surface area contributed by atoms with E-state index in [0.717, 1.165) is 27.5 Å². The van der Waals surface area contributed by atoms with Crippen molar-refractivity contribution in [1.82, 2.24) is 0 Å². The molecule has 0 saturated heterocycles. The van der Waals surface area contributed by atoms with Gasteiger partial charge in [0.05, 0.1) is 19.4 Å². The fraction of sp³-hybridized carbons (Fsp3) is 0.174. The Bertz CT molecular complexity index is 1120. The monoisotopic (exact) mass is 375 g/mol. The lowest BCUT2D eigenvalue weighted by Gasteiger charge is -2.20. The van der Waals surface area contributed by atoms with E-state index in [4.69, 9.17) is 13.9 Å². The molecule has 5 heteroatoms. The summed E-state index contributed by atoms with van der Waals surface area (Å²) in [5.41, 5.74) is 3.01. The molecule has 0 aliphatic carbocycles. The van der Waals surface area contributed by atoms with Crippen LogP contribution in [0.4, 0.5) is 5.69 Å². The molecule has 5 nitrogen and oxygen atoms in total. The molecule has 1 aromatic heterocycles. The molecule has 0 aliphatic heterocycles. The lowest BCUT2D eigenvalue weighted by molar-refractivity contribution is -0.144.